The third-order valence-corrected chi connectivity index (χ3v) is 4.46. The Morgan fingerprint density at radius 1 is 1.26 bits per heavy atom. The van der Waals surface area contributed by atoms with E-state index in [9.17, 15) is 4.39 Å². The molecule has 0 aromatic heterocycles. The van der Waals surface area contributed by atoms with Gasteiger partial charge in [0.1, 0.15) is 5.82 Å². The molecule has 1 rings (SSSR count). The van der Waals surface area contributed by atoms with E-state index in [1.807, 2.05) is 26.1 Å². The third kappa shape index (κ3) is 2.98. The molecule has 0 bridgehead atoms. The number of rotatable bonds is 6. The van der Waals surface area contributed by atoms with Crippen LogP contribution in [0.25, 0.3) is 0 Å². The van der Waals surface area contributed by atoms with Gasteiger partial charge in [0.2, 0.25) is 0 Å². The van der Waals surface area contributed by atoms with Crippen LogP contribution < -0.4 is 5.32 Å². The van der Waals surface area contributed by atoms with Gasteiger partial charge in [0.15, 0.2) is 0 Å². The number of nitrogens with zero attached hydrogens (tertiary/aromatic N) is 1. The van der Waals surface area contributed by atoms with Gasteiger partial charge in [-0.2, -0.15) is 0 Å². The lowest BCUT2D eigenvalue weighted by Gasteiger charge is -2.45. The minimum Gasteiger partial charge on any atom is -0.311 e. The fourth-order valence-electron chi connectivity index (χ4n) is 3.14. The van der Waals surface area contributed by atoms with Crippen LogP contribution in [0.1, 0.15) is 43.9 Å². The van der Waals surface area contributed by atoms with Crippen LogP contribution in [0.15, 0.2) is 18.2 Å². The van der Waals surface area contributed by atoms with Crippen molar-refractivity contribution in [2.75, 3.05) is 21.1 Å². The number of hydrogen-bond donors (Lipinski definition) is 1. The second-order valence-electron chi connectivity index (χ2n) is 5.44. The normalized spacial score (nSPS) is 13.9. The van der Waals surface area contributed by atoms with E-state index in [1.54, 1.807) is 6.07 Å². The third-order valence-electron chi connectivity index (χ3n) is 4.46. The lowest BCUT2D eigenvalue weighted by molar-refractivity contribution is 0.0917. The molecular weight excluding hydrogens is 239 g/mol. The zero-order chi connectivity index (χ0) is 14.6. The quantitative estimate of drug-likeness (QED) is 0.847. The molecule has 1 N–H and O–H groups in total. The van der Waals surface area contributed by atoms with Crippen LogP contribution in [0.2, 0.25) is 0 Å². The van der Waals surface area contributed by atoms with E-state index in [0.29, 0.717) is 5.56 Å². The van der Waals surface area contributed by atoms with Crippen LogP contribution in [0, 0.1) is 12.7 Å². The van der Waals surface area contributed by atoms with Crippen molar-refractivity contribution in [2.45, 2.75) is 45.2 Å². The van der Waals surface area contributed by atoms with Crippen LogP contribution in [-0.4, -0.2) is 31.6 Å². The summed E-state index contributed by atoms with van der Waals surface area (Å²) < 4.78 is 13.5. The van der Waals surface area contributed by atoms with Gasteiger partial charge in [-0.1, -0.05) is 26.0 Å². The summed E-state index contributed by atoms with van der Waals surface area (Å²) in [4.78, 5) is 2.28. The van der Waals surface area contributed by atoms with Gasteiger partial charge >= 0.3 is 0 Å². The first-order chi connectivity index (χ1) is 8.92. The maximum atomic E-state index is 13.5. The van der Waals surface area contributed by atoms with Gasteiger partial charge in [-0.25, -0.2) is 4.39 Å². The number of benzene rings is 1. The molecule has 3 heteroatoms. The fourth-order valence-corrected chi connectivity index (χ4v) is 3.14. The van der Waals surface area contributed by atoms with Crippen LogP contribution >= 0.6 is 0 Å². The number of nitrogens with one attached hydrogen (secondary N) is 1. The monoisotopic (exact) mass is 266 g/mol. The Labute approximate surface area is 117 Å². The summed E-state index contributed by atoms with van der Waals surface area (Å²) in [6, 6.07) is 5.62. The summed E-state index contributed by atoms with van der Waals surface area (Å²) in [5.41, 5.74) is 1.90. The lowest BCUT2D eigenvalue weighted by Crippen LogP contribution is -2.52. The molecule has 108 valence electrons. The number of likely N-dealkylation sites (N-methyl/N-ethyl adjacent to an activating group) is 2. The van der Waals surface area contributed by atoms with E-state index in [4.69, 9.17) is 0 Å². The second kappa shape index (κ2) is 6.49. The lowest BCUT2D eigenvalue weighted by atomic mass is 9.79. The van der Waals surface area contributed by atoms with Crippen LogP contribution in [-0.2, 0) is 0 Å². The van der Waals surface area contributed by atoms with Crippen molar-refractivity contribution in [3.63, 3.8) is 0 Å². The highest BCUT2D eigenvalue weighted by Gasteiger charge is 2.37. The zero-order valence-corrected chi connectivity index (χ0v) is 13.0. The van der Waals surface area contributed by atoms with Gasteiger partial charge < -0.3 is 10.2 Å². The van der Waals surface area contributed by atoms with Crippen molar-refractivity contribution in [3.05, 3.63) is 35.1 Å². The summed E-state index contributed by atoms with van der Waals surface area (Å²) in [5, 5.41) is 3.43. The predicted octanol–water partition coefficient (Wildman–Crippen LogP) is 3.52. The smallest absolute Gasteiger partial charge is 0.126 e. The number of hydrogen-bond acceptors (Lipinski definition) is 2. The first-order valence-corrected chi connectivity index (χ1v) is 7.03. The first-order valence-electron chi connectivity index (χ1n) is 7.03. The molecule has 1 aromatic carbocycles. The molecule has 0 spiro atoms. The highest BCUT2D eigenvalue weighted by Crippen LogP contribution is 2.36. The van der Waals surface area contributed by atoms with Crippen molar-refractivity contribution in [1.29, 1.82) is 0 Å². The van der Waals surface area contributed by atoms with Gasteiger partial charge in [-0.3, -0.25) is 0 Å². The van der Waals surface area contributed by atoms with Gasteiger partial charge in [0.25, 0.3) is 0 Å². The topological polar surface area (TPSA) is 15.3 Å². The van der Waals surface area contributed by atoms with Gasteiger partial charge in [0, 0.05) is 5.54 Å². The molecule has 0 heterocycles. The summed E-state index contributed by atoms with van der Waals surface area (Å²) in [7, 11) is 6.22. The molecule has 0 saturated heterocycles. The highest BCUT2D eigenvalue weighted by molar-refractivity contribution is 5.29. The average molecular weight is 266 g/mol. The summed E-state index contributed by atoms with van der Waals surface area (Å²) in [5.74, 6) is -0.137. The van der Waals surface area contributed by atoms with E-state index in [0.717, 1.165) is 18.4 Å². The maximum Gasteiger partial charge on any atom is 0.126 e. The molecule has 0 fully saturated rings. The minimum absolute atomic E-state index is 0.0407. The van der Waals surface area contributed by atoms with E-state index in [1.165, 1.54) is 0 Å². The summed E-state index contributed by atoms with van der Waals surface area (Å²) in [6.07, 6.45) is 2.08. The Morgan fingerprint density at radius 2 is 1.84 bits per heavy atom. The van der Waals surface area contributed by atoms with Crippen molar-refractivity contribution < 1.29 is 4.39 Å². The Balaban J connectivity index is 3.27. The van der Waals surface area contributed by atoms with E-state index in [2.05, 4.69) is 38.2 Å². The average Bonchev–Trinajstić information content (AvgIpc) is 2.39. The first kappa shape index (κ1) is 16.1. The fraction of sp³-hybridized carbons (Fsp3) is 0.625. The van der Waals surface area contributed by atoms with Crippen molar-refractivity contribution in [3.8, 4) is 0 Å². The molecular formula is C16H27FN2. The predicted molar refractivity (Wildman–Crippen MR) is 79.9 cm³/mol. The minimum atomic E-state index is -0.137. The van der Waals surface area contributed by atoms with E-state index in [-0.39, 0.29) is 17.4 Å². The molecule has 0 aliphatic carbocycles. The molecule has 1 atom stereocenters. The highest BCUT2D eigenvalue weighted by atomic mass is 19.1. The van der Waals surface area contributed by atoms with Crippen LogP contribution in [0.3, 0.4) is 0 Å². The van der Waals surface area contributed by atoms with Crippen LogP contribution in [0.5, 0.6) is 0 Å². The molecule has 1 unspecified atom stereocenters. The van der Waals surface area contributed by atoms with Crippen molar-refractivity contribution in [2.24, 2.45) is 0 Å². The molecule has 1 aromatic rings. The molecule has 0 amide bonds. The summed E-state index contributed by atoms with van der Waals surface area (Å²) in [6.45, 7) is 6.25. The molecule has 0 radical (unpaired) electrons. The largest absolute Gasteiger partial charge is 0.311 e. The Bertz CT molecular complexity index is 411. The van der Waals surface area contributed by atoms with Crippen molar-refractivity contribution in [1.82, 2.24) is 10.2 Å². The number of halogens is 1. The van der Waals surface area contributed by atoms with Crippen LogP contribution in [0.4, 0.5) is 4.39 Å². The standard InChI is InChI=1S/C16H27FN2/c1-7-16(8-2,19(5)6)15(18-4)13-9-10-14(17)12(3)11-13/h9-11,15,18H,7-8H2,1-6H3. The Morgan fingerprint density at radius 3 is 2.21 bits per heavy atom. The molecule has 0 aliphatic rings. The van der Waals surface area contributed by atoms with Crippen molar-refractivity contribution >= 4 is 0 Å². The molecule has 2 nitrogen and oxygen atoms in total. The molecule has 0 saturated carbocycles. The van der Waals surface area contributed by atoms with Gasteiger partial charge in [0.05, 0.1) is 6.04 Å². The summed E-state index contributed by atoms with van der Waals surface area (Å²) >= 11 is 0. The van der Waals surface area contributed by atoms with E-state index >= 15 is 0 Å². The number of aryl methyl sites for hydroxylation is 1. The van der Waals surface area contributed by atoms with Gasteiger partial charge in [-0.15, -0.1) is 0 Å². The molecule has 0 aliphatic heterocycles. The Hall–Kier alpha value is -0.930. The van der Waals surface area contributed by atoms with Gasteiger partial charge in [-0.05, 0) is 58.1 Å². The molecule has 19 heavy (non-hydrogen) atoms. The Kier molecular flexibility index (Phi) is 5.50. The second-order valence-corrected chi connectivity index (χ2v) is 5.44. The SMILES string of the molecule is CCC(CC)(C(NC)c1ccc(F)c(C)c1)N(C)C. The maximum absolute atomic E-state index is 13.5. The van der Waals surface area contributed by atoms with E-state index < -0.39 is 0 Å². The zero-order valence-electron chi connectivity index (χ0n) is 13.0.